The highest BCUT2D eigenvalue weighted by molar-refractivity contribution is 7.80. The summed E-state index contributed by atoms with van der Waals surface area (Å²) in [4.78, 5) is 1.90. The van der Waals surface area contributed by atoms with E-state index in [0.717, 1.165) is 11.3 Å². The van der Waals surface area contributed by atoms with Crippen molar-refractivity contribution in [1.29, 1.82) is 0 Å². The third-order valence-corrected chi connectivity index (χ3v) is 5.15. The van der Waals surface area contributed by atoms with E-state index >= 15 is 0 Å². The van der Waals surface area contributed by atoms with Crippen molar-refractivity contribution in [2.45, 2.75) is 13.1 Å². The van der Waals surface area contributed by atoms with Gasteiger partial charge in [0, 0.05) is 24.7 Å². The van der Waals surface area contributed by atoms with E-state index in [-0.39, 0.29) is 5.82 Å². The van der Waals surface area contributed by atoms with Crippen molar-refractivity contribution in [3.63, 3.8) is 0 Å². The first-order valence-electron chi connectivity index (χ1n) is 9.68. The molecule has 0 spiro atoms. The number of nitrogens with zero attached hydrogens (tertiary/aromatic N) is 1. The van der Waals surface area contributed by atoms with Crippen molar-refractivity contribution < 1.29 is 18.6 Å². The second-order valence-electron chi connectivity index (χ2n) is 6.79. The van der Waals surface area contributed by atoms with Crippen molar-refractivity contribution in [3.05, 3.63) is 83.7 Å². The van der Waals surface area contributed by atoms with Gasteiger partial charge in [-0.2, -0.15) is 0 Å². The molecule has 0 amide bonds. The van der Waals surface area contributed by atoms with Gasteiger partial charge in [-0.25, -0.2) is 4.39 Å². The summed E-state index contributed by atoms with van der Waals surface area (Å²) in [6.45, 7) is 0.797. The molecule has 0 saturated carbocycles. The van der Waals surface area contributed by atoms with Gasteiger partial charge >= 0.3 is 0 Å². The average molecular weight is 441 g/mol. The highest BCUT2D eigenvalue weighted by atomic mass is 32.1. The smallest absolute Gasteiger partial charge is 0.174 e. The number of ether oxygens (including phenoxy) is 3. The maximum Gasteiger partial charge on any atom is 0.174 e. The highest BCUT2D eigenvalue weighted by Crippen LogP contribution is 2.29. The molecule has 0 radical (unpaired) electrons. The molecule has 1 N–H and O–H groups in total. The number of benzene rings is 3. The topological polar surface area (TPSA) is 43.0 Å². The molecule has 0 atom stereocenters. The molecule has 3 aromatic rings. The molecule has 0 aliphatic rings. The minimum Gasteiger partial charge on any atom is -0.497 e. The Morgan fingerprint density at radius 1 is 0.871 bits per heavy atom. The summed E-state index contributed by atoms with van der Waals surface area (Å²) in [6, 6.07) is 19.8. The Labute approximate surface area is 187 Å². The van der Waals surface area contributed by atoms with Gasteiger partial charge in [0.2, 0.25) is 0 Å². The van der Waals surface area contributed by atoms with E-state index in [1.165, 1.54) is 6.07 Å². The zero-order valence-electron chi connectivity index (χ0n) is 17.7. The number of nitrogens with one attached hydrogen (secondary N) is 1. The van der Waals surface area contributed by atoms with Crippen LogP contribution in [-0.2, 0) is 13.1 Å². The summed E-state index contributed by atoms with van der Waals surface area (Å²) in [6.07, 6.45) is 0. The Bertz CT molecular complexity index is 1030. The third-order valence-electron chi connectivity index (χ3n) is 4.79. The van der Waals surface area contributed by atoms with Crippen LogP contribution in [0.2, 0.25) is 0 Å². The zero-order chi connectivity index (χ0) is 22.2. The van der Waals surface area contributed by atoms with E-state index in [1.54, 1.807) is 39.5 Å². The fourth-order valence-corrected chi connectivity index (χ4v) is 3.32. The lowest BCUT2D eigenvalue weighted by atomic mass is 10.1. The van der Waals surface area contributed by atoms with Gasteiger partial charge in [0.1, 0.15) is 23.1 Å². The van der Waals surface area contributed by atoms with Crippen molar-refractivity contribution in [2.24, 2.45) is 0 Å². The molecule has 31 heavy (non-hydrogen) atoms. The van der Waals surface area contributed by atoms with Crippen LogP contribution in [0.1, 0.15) is 11.1 Å². The Morgan fingerprint density at radius 2 is 1.55 bits per heavy atom. The van der Waals surface area contributed by atoms with Gasteiger partial charge in [-0.05, 0) is 48.1 Å². The number of thiocarbonyl (C=S) groups is 1. The molecule has 0 unspecified atom stereocenters. The zero-order valence-corrected chi connectivity index (χ0v) is 18.5. The molecule has 0 bridgehead atoms. The monoisotopic (exact) mass is 440 g/mol. The normalized spacial score (nSPS) is 10.3. The van der Waals surface area contributed by atoms with Gasteiger partial charge in [0.15, 0.2) is 5.11 Å². The summed E-state index contributed by atoms with van der Waals surface area (Å²) in [5, 5.41) is 3.67. The second-order valence-corrected chi connectivity index (χ2v) is 7.18. The first-order valence-corrected chi connectivity index (χ1v) is 10.1. The number of anilines is 1. The predicted octanol–water partition coefficient (Wildman–Crippen LogP) is 5.25. The van der Waals surface area contributed by atoms with Crippen LogP contribution in [0.25, 0.3) is 0 Å². The van der Waals surface area contributed by atoms with Crippen molar-refractivity contribution in [1.82, 2.24) is 4.90 Å². The summed E-state index contributed by atoms with van der Waals surface area (Å²) in [5.74, 6) is 1.77. The van der Waals surface area contributed by atoms with E-state index in [2.05, 4.69) is 5.32 Å². The highest BCUT2D eigenvalue weighted by Gasteiger charge is 2.16. The lowest BCUT2D eigenvalue weighted by molar-refractivity contribution is 0.393. The predicted molar refractivity (Wildman–Crippen MR) is 124 cm³/mol. The number of halogens is 1. The molecule has 0 aromatic heterocycles. The average Bonchev–Trinajstić information content (AvgIpc) is 2.80. The van der Waals surface area contributed by atoms with E-state index in [4.69, 9.17) is 26.4 Å². The van der Waals surface area contributed by atoms with Gasteiger partial charge in [-0.3, -0.25) is 0 Å². The second kappa shape index (κ2) is 10.6. The van der Waals surface area contributed by atoms with E-state index in [0.29, 0.717) is 41.0 Å². The van der Waals surface area contributed by atoms with Crippen LogP contribution < -0.4 is 19.5 Å². The van der Waals surface area contributed by atoms with Crippen LogP contribution in [0, 0.1) is 5.82 Å². The van der Waals surface area contributed by atoms with Crippen LogP contribution in [0.15, 0.2) is 66.7 Å². The molecule has 3 rings (SSSR count). The first-order chi connectivity index (χ1) is 15.0. The molecule has 0 heterocycles. The minimum absolute atomic E-state index is 0.271. The summed E-state index contributed by atoms with van der Waals surface area (Å²) < 4.78 is 30.3. The van der Waals surface area contributed by atoms with Crippen LogP contribution in [0.5, 0.6) is 17.2 Å². The number of hydrogen-bond donors (Lipinski definition) is 1. The molecule has 3 aromatic carbocycles. The Hall–Kier alpha value is -3.32. The quantitative estimate of drug-likeness (QED) is 0.483. The molecule has 0 aliphatic heterocycles. The summed E-state index contributed by atoms with van der Waals surface area (Å²) in [5.41, 5.74) is 2.27. The third kappa shape index (κ3) is 5.86. The fourth-order valence-electron chi connectivity index (χ4n) is 3.08. The van der Waals surface area contributed by atoms with E-state index in [9.17, 15) is 4.39 Å². The molecule has 162 valence electrons. The van der Waals surface area contributed by atoms with Gasteiger partial charge < -0.3 is 24.4 Å². The number of rotatable bonds is 8. The maximum absolute atomic E-state index is 14.3. The Kier molecular flexibility index (Phi) is 7.67. The van der Waals surface area contributed by atoms with Crippen LogP contribution >= 0.6 is 12.2 Å². The molecule has 0 saturated heterocycles. The summed E-state index contributed by atoms with van der Waals surface area (Å²) in [7, 11) is 4.80. The van der Waals surface area contributed by atoms with Crippen molar-refractivity contribution in [2.75, 3.05) is 26.6 Å². The molecular weight excluding hydrogens is 415 g/mol. The van der Waals surface area contributed by atoms with Crippen LogP contribution in [-0.4, -0.2) is 31.3 Å². The first kappa shape index (κ1) is 22.4. The maximum atomic E-state index is 14.3. The minimum atomic E-state index is -0.271. The van der Waals surface area contributed by atoms with Crippen molar-refractivity contribution in [3.8, 4) is 17.2 Å². The number of hydrogen-bond acceptors (Lipinski definition) is 4. The van der Waals surface area contributed by atoms with Gasteiger partial charge in [-0.1, -0.05) is 30.3 Å². The lowest BCUT2D eigenvalue weighted by Crippen LogP contribution is -2.34. The lowest BCUT2D eigenvalue weighted by Gasteiger charge is -2.27. The Morgan fingerprint density at radius 3 is 2.19 bits per heavy atom. The van der Waals surface area contributed by atoms with Crippen LogP contribution in [0.3, 0.4) is 0 Å². The largest absolute Gasteiger partial charge is 0.497 e. The molecule has 0 aliphatic carbocycles. The SMILES string of the molecule is COc1ccc(CN(Cc2ccccc2F)C(=S)Nc2ccc(OC)cc2OC)cc1. The molecule has 0 fully saturated rings. The van der Waals surface area contributed by atoms with Gasteiger partial charge in [0.25, 0.3) is 0 Å². The molecule has 7 heteroatoms. The van der Waals surface area contributed by atoms with Gasteiger partial charge in [-0.15, -0.1) is 0 Å². The Balaban J connectivity index is 1.85. The number of methoxy groups -OCH3 is 3. The van der Waals surface area contributed by atoms with E-state index in [1.807, 2.05) is 47.4 Å². The summed E-state index contributed by atoms with van der Waals surface area (Å²) >= 11 is 5.70. The fraction of sp³-hybridized carbons (Fsp3) is 0.208. The molecule has 5 nitrogen and oxygen atoms in total. The van der Waals surface area contributed by atoms with Gasteiger partial charge in [0.05, 0.1) is 27.0 Å². The standard InChI is InChI=1S/C24H25FN2O3S/c1-28-19-10-8-17(9-11-19)15-27(16-18-6-4-5-7-21(18)25)24(31)26-22-13-12-20(29-2)14-23(22)30-3/h4-14H,15-16H2,1-3H3,(H,26,31). The van der Waals surface area contributed by atoms with Crippen LogP contribution in [0.4, 0.5) is 10.1 Å². The van der Waals surface area contributed by atoms with Crippen molar-refractivity contribution >= 4 is 23.0 Å². The van der Waals surface area contributed by atoms with E-state index < -0.39 is 0 Å². The molecular formula is C24H25FN2O3S.